The highest BCUT2D eigenvalue weighted by molar-refractivity contribution is 7.80. The molecule has 5 nitrogen and oxygen atoms in total. The van der Waals surface area contributed by atoms with Crippen LogP contribution in [0.2, 0.25) is 10.0 Å². The summed E-state index contributed by atoms with van der Waals surface area (Å²) in [6.45, 7) is 1.28. The summed E-state index contributed by atoms with van der Waals surface area (Å²) in [5, 5.41) is 9.94. The molecule has 0 spiro atoms. The number of benzene rings is 1. The number of nitrogens with two attached hydrogens (primary N) is 1. The van der Waals surface area contributed by atoms with Crippen molar-refractivity contribution < 1.29 is 4.42 Å². The van der Waals surface area contributed by atoms with Gasteiger partial charge in [-0.1, -0.05) is 30.6 Å². The molecule has 0 bridgehead atoms. The Morgan fingerprint density at radius 3 is 2.71 bits per heavy atom. The predicted octanol–water partition coefficient (Wildman–Crippen LogP) is 3.99. The van der Waals surface area contributed by atoms with Crippen molar-refractivity contribution in [2.75, 3.05) is 20.1 Å². The summed E-state index contributed by atoms with van der Waals surface area (Å²) in [4.78, 5) is 0. The molecule has 8 heteroatoms. The fraction of sp³-hybridized carbons (Fsp3) is 0.250. The van der Waals surface area contributed by atoms with Gasteiger partial charge in [0.15, 0.2) is 5.11 Å². The van der Waals surface area contributed by atoms with E-state index in [-0.39, 0.29) is 12.5 Å². The molecule has 0 radical (unpaired) electrons. The molecule has 0 fully saturated rings. The zero-order valence-electron chi connectivity index (χ0n) is 12.4. The van der Waals surface area contributed by atoms with Crippen LogP contribution in [0.4, 0.5) is 0 Å². The first kappa shape index (κ1) is 20.4. The molecule has 0 saturated heterocycles. The lowest BCUT2D eigenvalue weighted by atomic mass is 10.2. The van der Waals surface area contributed by atoms with E-state index in [0.29, 0.717) is 34.7 Å². The number of nitrogens with zero attached hydrogens (tertiary/aromatic N) is 2. The topological polar surface area (TPSA) is 66.8 Å². The first-order valence-corrected chi connectivity index (χ1v) is 7.98. The Kier molecular flexibility index (Phi) is 8.21. The van der Waals surface area contributed by atoms with Crippen molar-refractivity contribution in [1.82, 2.24) is 10.3 Å². The van der Waals surface area contributed by atoms with Gasteiger partial charge in [0.2, 0.25) is 0 Å². The number of rotatable bonds is 6. The van der Waals surface area contributed by atoms with E-state index < -0.39 is 0 Å². The van der Waals surface area contributed by atoms with Crippen LogP contribution in [0.1, 0.15) is 13.2 Å². The van der Waals surface area contributed by atoms with E-state index in [1.54, 1.807) is 24.4 Å². The van der Waals surface area contributed by atoms with E-state index in [2.05, 4.69) is 10.4 Å². The first-order valence-electron chi connectivity index (χ1n) is 6.82. The van der Waals surface area contributed by atoms with Gasteiger partial charge in [-0.3, -0.25) is 0 Å². The van der Waals surface area contributed by atoms with Crippen LogP contribution >= 0.6 is 35.4 Å². The normalized spacial score (nSPS) is 10.6. The number of nitrogens with one attached hydrogen (secondary N) is 1. The number of furan rings is 1. The molecular formula is C16H20Cl2N4OS. The van der Waals surface area contributed by atoms with Gasteiger partial charge < -0.3 is 15.5 Å². The third-order valence-corrected chi connectivity index (χ3v) is 3.93. The van der Waals surface area contributed by atoms with Crippen LogP contribution in [0, 0.1) is 0 Å². The standard InChI is InChI=1S/C15H16Cl2N4OS.CH4/c1-19-6-7-21(15(18)23)20-9-11-3-5-14(22-11)10-2-4-12(16)13(17)8-10;/h2-5,8-9,19H,6-7H2,1H3,(H2,18,23);1H4/b20-9+;. The molecule has 0 aliphatic carbocycles. The molecule has 0 atom stereocenters. The van der Waals surface area contributed by atoms with Gasteiger partial charge in [-0.05, 0) is 49.6 Å². The number of thiocarbonyl (C=S) groups is 1. The van der Waals surface area contributed by atoms with Gasteiger partial charge in [0.05, 0.1) is 22.8 Å². The Balaban J connectivity index is 0.00000288. The van der Waals surface area contributed by atoms with Gasteiger partial charge in [0.1, 0.15) is 11.5 Å². The van der Waals surface area contributed by atoms with Gasteiger partial charge in [0.25, 0.3) is 0 Å². The van der Waals surface area contributed by atoms with Gasteiger partial charge >= 0.3 is 0 Å². The van der Waals surface area contributed by atoms with Gasteiger partial charge in [-0.2, -0.15) is 5.10 Å². The molecular weight excluding hydrogens is 367 g/mol. The average Bonchev–Trinajstić information content (AvgIpc) is 2.98. The summed E-state index contributed by atoms with van der Waals surface area (Å²) in [5.41, 5.74) is 6.46. The molecule has 1 aromatic heterocycles. The lowest BCUT2D eigenvalue weighted by Gasteiger charge is -2.15. The maximum Gasteiger partial charge on any atom is 0.187 e. The van der Waals surface area contributed by atoms with Crippen molar-refractivity contribution in [2.24, 2.45) is 10.8 Å². The van der Waals surface area contributed by atoms with Gasteiger partial charge in [-0.25, -0.2) is 5.01 Å². The smallest absolute Gasteiger partial charge is 0.187 e. The Labute approximate surface area is 157 Å². The second kappa shape index (κ2) is 9.64. The van der Waals surface area contributed by atoms with E-state index in [1.807, 2.05) is 19.2 Å². The number of halogens is 2. The zero-order chi connectivity index (χ0) is 16.8. The summed E-state index contributed by atoms with van der Waals surface area (Å²) in [6.07, 6.45) is 1.57. The highest BCUT2D eigenvalue weighted by atomic mass is 35.5. The molecule has 24 heavy (non-hydrogen) atoms. The van der Waals surface area contributed by atoms with Gasteiger partial charge in [-0.15, -0.1) is 0 Å². The molecule has 2 rings (SSSR count). The van der Waals surface area contributed by atoms with Crippen molar-refractivity contribution >= 4 is 46.7 Å². The summed E-state index contributed by atoms with van der Waals surface area (Å²) < 4.78 is 5.72. The molecule has 2 aromatic rings. The minimum absolute atomic E-state index is 0. The fourth-order valence-electron chi connectivity index (χ4n) is 1.80. The Hall–Kier alpha value is -1.60. The molecule has 130 valence electrons. The Bertz CT molecular complexity index is 718. The van der Waals surface area contributed by atoms with Crippen molar-refractivity contribution in [1.29, 1.82) is 0 Å². The lowest BCUT2D eigenvalue weighted by Crippen LogP contribution is -2.35. The van der Waals surface area contributed by atoms with Crippen molar-refractivity contribution in [2.45, 2.75) is 7.43 Å². The molecule has 0 aliphatic rings. The second-order valence-electron chi connectivity index (χ2n) is 4.64. The largest absolute Gasteiger partial charge is 0.455 e. The van der Waals surface area contributed by atoms with E-state index >= 15 is 0 Å². The predicted molar refractivity (Wildman–Crippen MR) is 106 cm³/mol. The molecule has 1 heterocycles. The molecule has 0 unspecified atom stereocenters. The minimum atomic E-state index is 0. The van der Waals surface area contributed by atoms with Crippen molar-refractivity contribution in [3.63, 3.8) is 0 Å². The van der Waals surface area contributed by atoms with Crippen LogP contribution in [-0.2, 0) is 0 Å². The summed E-state index contributed by atoms with van der Waals surface area (Å²) in [5.74, 6) is 1.25. The van der Waals surface area contributed by atoms with Crippen LogP contribution in [0.15, 0.2) is 39.9 Å². The van der Waals surface area contributed by atoms with Crippen LogP contribution < -0.4 is 11.1 Å². The van der Waals surface area contributed by atoms with Crippen molar-refractivity contribution in [3.8, 4) is 11.3 Å². The van der Waals surface area contributed by atoms with Crippen LogP contribution in [-0.4, -0.2) is 36.5 Å². The number of likely N-dealkylation sites (N-methyl/N-ethyl adjacent to an activating group) is 1. The highest BCUT2D eigenvalue weighted by Crippen LogP contribution is 2.29. The van der Waals surface area contributed by atoms with E-state index in [9.17, 15) is 0 Å². The quantitative estimate of drug-likeness (QED) is 0.446. The molecule has 3 N–H and O–H groups in total. The minimum Gasteiger partial charge on any atom is -0.455 e. The number of hydrazone groups is 1. The number of hydrogen-bond donors (Lipinski definition) is 2. The monoisotopic (exact) mass is 386 g/mol. The van der Waals surface area contributed by atoms with Crippen LogP contribution in [0.25, 0.3) is 11.3 Å². The first-order chi connectivity index (χ1) is 11.0. The average molecular weight is 387 g/mol. The Morgan fingerprint density at radius 1 is 1.33 bits per heavy atom. The zero-order valence-corrected chi connectivity index (χ0v) is 14.8. The van der Waals surface area contributed by atoms with Crippen LogP contribution in [0.5, 0.6) is 0 Å². The van der Waals surface area contributed by atoms with Crippen molar-refractivity contribution in [3.05, 3.63) is 46.1 Å². The molecule has 0 amide bonds. The lowest BCUT2D eigenvalue weighted by molar-refractivity contribution is 0.444. The molecule has 1 aromatic carbocycles. The maximum absolute atomic E-state index is 6.02. The summed E-state index contributed by atoms with van der Waals surface area (Å²) in [6, 6.07) is 8.94. The summed E-state index contributed by atoms with van der Waals surface area (Å²) >= 11 is 16.9. The Morgan fingerprint density at radius 2 is 2.08 bits per heavy atom. The fourth-order valence-corrected chi connectivity index (χ4v) is 2.23. The van der Waals surface area contributed by atoms with Gasteiger partial charge in [0, 0.05) is 12.1 Å². The molecule has 0 saturated carbocycles. The SMILES string of the molecule is C.CNCCN(/N=C/c1ccc(-c2ccc(Cl)c(Cl)c2)o1)C(N)=S. The second-order valence-corrected chi connectivity index (χ2v) is 5.87. The number of hydrogen-bond acceptors (Lipinski definition) is 4. The van der Waals surface area contributed by atoms with E-state index in [1.165, 1.54) is 5.01 Å². The van der Waals surface area contributed by atoms with Crippen LogP contribution in [0.3, 0.4) is 0 Å². The maximum atomic E-state index is 6.02. The third kappa shape index (κ3) is 5.49. The van der Waals surface area contributed by atoms with E-state index in [4.69, 9.17) is 45.6 Å². The summed E-state index contributed by atoms with van der Waals surface area (Å²) in [7, 11) is 1.84. The highest BCUT2D eigenvalue weighted by Gasteiger charge is 2.07. The third-order valence-electron chi connectivity index (χ3n) is 2.98. The molecule has 0 aliphatic heterocycles. The van der Waals surface area contributed by atoms with E-state index in [0.717, 1.165) is 5.56 Å².